The standard InChI is InChI=1S/C54H40N2Si/c1-57(2)50-30-13-12-29-49(50)51-52(39-21-10-5-11-22-39)55-53(56-54(51)57)45-28-16-26-43(33-45)41-24-14-23-40(31-41)42-25-15-27-44(32-42)48-35-46(37-17-6-3-7-18-37)34-47(36-48)38-19-8-4-9-20-38/h3-36H,1-2H3. The fourth-order valence-electron chi connectivity index (χ4n) is 8.46. The normalized spacial score (nSPS) is 12.5. The number of benzene rings is 8. The highest BCUT2D eigenvalue weighted by Crippen LogP contribution is 2.38. The van der Waals surface area contributed by atoms with Crippen LogP contribution in [0.4, 0.5) is 0 Å². The topological polar surface area (TPSA) is 25.8 Å². The molecule has 1 aromatic heterocycles. The minimum Gasteiger partial charge on any atom is -0.237 e. The summed E-state index contributed by atoms with van der Waals surface area (Å²) in [6.07, 6.45) is 0. The summed E-state index contributed by atoms with van der Waals surface area (Å²) in [5.41, 5.74) is 17.5. The molecule has 8 aromatic carbocycles. The Hall–Kier alpha value is -6.94. The van der Waals surface area contributed by atoms with Crippen molar-refractivity contribution in [2.45, 2.75) is 13.1 Å². The number of hydrogen-bond acceptors (Lipinski definition) is 2. The molecule has 0 unspecified atom stereocenters. The molecule has 0 fully saturated rings. The molecule has 0 amide bonds. The van der Waals surface area contributed by atoms with Crippen LogP contribution in [-0.2, 0) is 0 Å². The average molecular weight is 745 g/mol. The van der Waals surface area contributed by atoms with Crippen LogP contribution in [0.15, 0.2) is 206 Å². The minimum atomic E-state index is -2.05. The van der Waals surface area contributed by atoms with E-state index in [4.69, 9.17) is 9.97 Å². The van der Waals surface area contributed by atoms with E-state index in [-0.39, 0.29) is 0 Å². The van der Waals surface area contributed by atoms with E-state index in [2.05, 4.69) is 219 Å². The third-order valence-electron chi connectivity index (χ3n) is 11.4. The second-order valence-electron chi connectivity index (χ2n) is 15.4. The predicted octanol–water partition coefficient (Wildman–Crippen LogP) is 12.9. The average Bonchev–Trinajstić information content (AvgIpc) is 3.52. The Bertz CT molecular complexity index is 2860. The molecule has 57 heavy (non-hydrogen) atoms. The van der Waals surface area contributed by atoms with Crippen LogP contribution in [0, 0.1) is 0 Å². The first-order valence-electron chi connectivity index (χ1n) is 19.6. The third-order valence-corrected chi connectivity index (χ3v) is 14.7. The summed E-state index contributed by atoms with van der Waals surface area (Å²) in [5, 5.41) is 2.64. The van der Waals surface area contributed by atoms with Crippen molar-refractivity contribution in [1.82, 2.24) is 9.97 Å². The van der Waals surface area contributed by atoms with Gasteiger partial charge in [-0.15, -0.1) is 0 Å². The van der Waals surface area contributed by atoms with Crippen molar-refractivity contribution in [3.05, 3.63) is 206 Å². The van der Waals surface area contributed by atoms with Gasteiger partial charge in [-0.25, -0.2) is 9.97 Å². The van der Waals surface area contributed by atoms with Crippen LogP contribution in [0.25, 0.3) is 89.4 Å². The van der Waals surface area contributed by atoms with Crippen molar-refractivity contribution in [3.8, 4) is 89.4 Å². The van der Waals surface area contributed by atoms with Crippen LogP contribution in [0.1, 0.15) is 0 Å². The molecule has 0 bridgehead atoms. The van der Waals surface area contributed by atoms with Gasteiger partial charge in [-0.3, -0.25) is 0 Å². The van der Waals surface area contributed by atoms with E-state index in [9.17, 15) is 0 Å². The Morgan fingerprint density at radius 3 is 1.21 bits per heavy atom. The molecular formula is C54H40N2Si. The summed E-state index contributed by atoms with van der Waals surface area (Å²) < 4.78 is 0. The van der Waals surface area contributed by atoms with Gasteiger partial charge in [0.05, 0.1) is 5.69 Å². The lowest BCUT2D eigenvalue weighted by atomic mass is 9.91. The minimum absolute atomic E-state index is 0.777. The lowest BCUT2D eigenvalue weighted by Gasteiger charge is -2.19. The van der Waals surface area contributed by atoms with Crippen molar-refractivity contribution in [2.24, 2.45) is 0 Å². The lowest BCUT2D eigenvalue weighted by Crippen LogP contribution is -2.50. The molecule has 0 spiro atoms. The van der Waals surface area contributed by atoms with Crippen LogP contribution in [0.2, 0.25) is 13.1 Å². The van der Waals surface area contributed by atoms with Crippen LogP contribution in [0.3, 0.4) is 0 Å². The lowest BCUT2D eigenvalue weighted by molar-refractivity contribution is 1.21. The zero-order valence-electron chi connectivity index (χ0n) is 32.0. The molecule has 10 rings (SSSR count). The van der Waals surface area contributed by atoms with Gasteiger partial charge in [0.25, 0.3) is 0 Å². The van der Waals surface area contributed by atoms with Gasteiger partial charge >= 0.3 is 0 Å². The Labute approximate surface area is 335 Å². The van der Waals surface area contributed by atoms with E-state index in [1.54, 1.807) is 0 Å². The monoisotopic (exact) mass is 744 g/mol. The molecule has 3 heteroatoms. The van der Waals surface area contributed by atoms with Gasteiger partial charge in [-0.1, -0.05) is 183 Å². The molecule has 2 nitrogen and oxygen atoms in total. The maximum Gasteiger partial charge on any atom is 0.159 e. The molecule has 1 aliphatic rings. The largest absolute Gasteiger partial charge is 0.237 e. The number of fused-ring (bicyclic) bond motifs is 3. The van der Waals surface area contributed by atoms with Gasteiger partial charge < -0.3 is 0 Å². The van der Waals surface area contributed by atoms with Gasteiger partial charge in [-0.2, -0.15) is 0 Å². The molecule has 0 atom stereocenters. The molecule has 0 radical (unpaired) electrons. The molecule has 1 aliphatic heterocycles. The van der Waals surface area contributed by atoms with E-state index >= 15 is 0 Å². The number of rotatable bonds is 7. The SMILES string of the molecule is C[Si]1(C)c2ccccc2-c2c(-c3ccccc3)nc(-c3cccc(-c4cccc(-c5cccc(-c6cc(-c7ccccc7)cc(-c7ccccc7)c6)c5)c4)c3)nc21. The fourth-order valence-corrected chi connectivity index (χ4v) is 11.4. The Kier molecular flexibility index (Phi) is 8.66. The van der Waals surface area contributed by atoms with Crippen LogP contribution in [-0.4, -0.2) is 18.0 Å². The Morgan fingerprint density at radius 1 is 0.316 bits per heavy atom. The second kappa shape index (κ2) is 14.3. The van der Waals surface area contributed by atoms with E-state index in [0.29, 0.717) is 0 Å². The van der Waals surface area contributed by atoms with Crippen LogP contribution in [0.5, 0.6) is 0 Å². The quantitative estimate of drug-likeness (QED) is 0.152. The predicted molar refractivity (Wildman–Crippen MR) is 242 cm³/mol. The first-order valence-corrected chi connectivity index (χ1v) is 22.6. The third kappa shape index (κ3) is 6.42. The zero-order valence-corrected chi connectivity index (χ0v) is 33.0. The van der Waals surface area contributed by atoms with Gasteiger partial charge in [0.1, 0.15) is 8.07 Å². The van der Waals surface area contributed by atoms with Gasteiger partial charge in [0.2, 0.25) is 0 Å². The Morgan fingerprint density at radius 2 is 0.684 bits per heavy atom. The van der Waals surface area contributed by atoms with Crippen LogP contribution >= 0.6 is 0 Å². The Balaban J connectivity index is 1.03. The van der Waals surface area contributed by atoms with Crippen molar-refractivity contribution in [3.63, 3.8) is 0 Å². The number of nitrogens with zero attached hydrogens (tertiary/aromatic N) is 2. The summed E-state index contributed by atoms with van der Waals surface area (Å²) in [4.78, 5) is 10.8. The van der Waals surface area contributed by atoms with Crippen molar-refractivity contribution < 1.29 is 0 Å². The maximum absolute atomic E-state index is 5.42. The van der Waals surface area contributed by atoms with Gasteiger partial charge in [0.15, 0.2) is 5.82 Å². The van der Waals surface area contributed by atoms with Crippen molar-refractivity contribution in [1.29, 1.82) is 0 Å². The van der Waals surface area contributed by atoms with E-state index < -0.39 is 8.07 Å². The highest BCUT2D eigenvalue weighted by molar-refractivity contribution is 7.03. The smallest absolute Gasteiger partial charge is 0.159 e. The van der Waals surface area contributed by atoms with E-state index in [0.717, 1.165) is 33.8 Å². The molecule has 9 aromatic rings. The summed E-state index contributed by atoms with van der Waals surface area (Å²) in [6.45, 7) is 4.84. The molecule has 0 saturated heterocycles. The number of hydrogen-bond donors (Lipinski definition) is 0. The highest BCUT2D eigenvalue weighted by Gasteiger charge is 2.41. The molecule has 0 saturated carbocycles. The molecule has 0 aliphatic carbocycles. The van der Waals surface area contributed by atoms with Gasteiger partial charge in [0, 0.05) is 22.0 Å². The van der Waals surface area contributed by atoms with E-state index in [1.165, 1.54) is 66.1 Å². The first-order chi connectivity index (χ1) is 28.0. The molecular weight excluding hydrogens is 705 g/mol. The fraction of sp³-hybridized carbons (Fsp3) is 0.0370. The van der Waals surface area contributed by atoms with E-state index in [1.807, 2.05) is 0 Å². The summed E-state index contributed by atoms with van der Waals surface area (Å²) >= 11 is 0. The van der Waals surface area contributed by atoms with Crippen molar-refractivity contribution >= 4 is 18.6 Å². The van der Waals surface area contributed by atoms with Crippen LogP contribution < -0.4 is 10.5 Å². The van der Waals surface area contributed by atoms with Gasteiger partial charge in [-0.05, 0) is 103 Å². The maximum atomic E-state index is 5.42. The number of aromatic nitrogens is 2. The summed E-state index contributed by atoms with van der Waals surface area (Å²) in [7, 11) is -2.05. The zero-order chi connectivity index (χ0) is 38.3. The first kappa shape index (κ1) is 34.5. The molecule has 2 heterocycles. The van der Waals surface area contributed by atoms with Crippen molar-refractivity contribution in [2.75, 3.05) is 0 Å². The molecule has 270 valence electrons. The molecule has 0 N–H and O–H groups in total. The summed E-state index contributed by atoms with van der Waals surface area (Å²) in [5.74, 6) is 0.777. The second-order valence-corrected chi connectivity index (χ2v) is 19.7. The highest BCUT2D eigenvalue weighted by atomic mass is 28.3. The summed E-state index contributed by atoms with van der Waals surface area (Å²) in [6, 6.07) is 74.2.